The lowest BCUT2D eigenvalue weighted by atomic mass is 10.3. The van der Waals surface area contributed by atoms with Gasteiger partial charge in [0.15, 0.2) is 5.69 Å². The summed E-state index contributed by atoms with van der Waals surface area (Å²) in [5, 5.41) is 12.0. The molecule has 70 valence electrons. The second-order valence-corrected chi connectivity index (χ2v) is 3.09. The lowest BCUT2D eigenvalue weighted by Gasteiger charge is -2.16. The number of nitrogens with zero attached hydrogens (tertiary/aromatic N) is 2. The molecule has 5 heteroatoms. The third-order valence-electron chi connectivity index (χ3n) is 2.27. The van der Waals surface area contributed by atoms with Crippen LogP contribution >= 0.6 is 0 Å². The third kappa shape index (κ3) is 1.21. The zero-order chi connectivity index (χ0) is 9.42. The van der Waals surface area contributed by atoms with Crippen LogP contribution in [0.25, 0.3) is 0 Å². The summed E-state index contributed by atoms with van der Waals surface area (Å²) in [4.78, 5) is 14.8. The number of aromatic carboxylic acids is 1. The van der Waals surface area contributed by atoms with Gasteiger partial charge in [-0.1, -0.05) is 0 Å². The van der Waals surface area contributed by atoms with E-state index < -0.39 is 5.97 Å². The molecule has 0 atom stereocenters. The fourth-order valence-corrected chi connectivity index (χ4v) is 1.65. The molecule has 1 aromatic rings. The molecule has 2 rings (SSSR count). The maximum Gasteiger partial charge on any atom is 0.356 e. The third-order valence-corrected chi connectivity index (χ3v) is 2.27. The molecule has 0 spiro atoms. The molecule has 0 aromatic carbocycles. The number of nitrogens with one attached hydrogen (secondary N) is 1. The summed E-state index contributed by atoms with van der Waals surface area (Å²) < 4.78 is 1.96. The molecule has 1 aliphatic rings. The van der Waals surface area contributed by atoms with E-state index in [1.807, 2.05) is 11.5 Å². The molecule has 0 saturated heterocycles. The minimum atomic E-state index is -0.944. The van der Waals surface area contributed by atoms with Crippen LogP contribution < -0.4 is 5.32 Å². The van der Waals surface area contributed by atoms with Crippen molar-refractivity contribution in [3.8, 4) is 0 Å². The van der Waals surface area contributed by atoms with Crippen molar-refractivity contribution in [2.45, 2.75) is 20.0 Å². The van der Waals surface area contributed by atoms with Crippen molar-refractivity contribution in [3.63, 3.8) is 0 Å². The van der Waals surface area contributed by atoms with E-state index in [-0.39, 0.29) is 5.69 Å². The number of aromatic nitrogens is 2. The van der Waals surface area contributed by atoms with E-state index in [9.17, 15) is 4.79 Å². The molecule has 13 heavy (non-hydrogen) atoms. The average Bonchev–Trinajstić information content (AvgIpc) is 2.45. The zero-order valence-corrected chi connectivity index (χ0v) is 7.37. The fraction of sp³-hybridized carbons (Fsp3) is 0.500. The van der Waals surface area contributed by atoms with Crippen LogP contribution in [0.5, 0.6) is 0 Å². The van der Waals surface area contributed by atoms with E-state index in [4.69, 9.17) is 5.11 Å². The lowest BCUT2D eigenvalue weighted by molar-refractivity contribution is 0.0689. The first kappa shape index (κ1) is 8.25. The molecule has 0 radical (unpaired) electrons. The van der Waals surface area contributed by atoms with E-state index in [1.54, 1.807) is 0 Å². The zero-order valence-electron chi connectivity index (χ0n) is 7.37. The van der Waals surface area contributed by atoms with Gasteiger partial charge in [0.25, 0.3) is 0 Å². The predicted octanol–water partition coefficient (Wildman–Crippen LogP) is -0.00708. The van der Waals surface area contributed by atoms with E-state index in [0.29, 0.717) is 6.54 Å². The number of fused-ring (bicyclic) bond motifs is 1. The average molecular weight is 181 g/mol. The van der Waals surface area contributed by atoms with Gasteiger partial charge in [-0.05, 0) is 6.92 Å². The van der Waals surface area contributed by atoms with Crippen molar-refractivity contribution < 1.29 is 9.90 Å². The van der Waals surface area contributed by atoms with Crippen LogP contribution in [0.3, 0.4) is 0 Å². The van der Waals surface area contributed by atoms with Crippen LogP contribution in [0.15, 0.2) is 0 Å². The standard InChI is InChI=1S/C8H11N3O2/c1-5-10-7(8(12)13)6-4-9-2-3-11(5)6/h9H,2-4H2,1H3,(H,12,13). The molecule has 0 aliphatic carbocycles. The van der Waals surface area contributed by atoms with Gasteiger partial charge in [-0.3, -0.25) is 0 Å². The number of carboxylic acid groups (broad SMARTS) is 1. The Hall–Kier alpha value is -1.36. The number of hydrogen-bond donors (Lipinski definition) is 2. The second kappa shape index (κ2) is 2.85. The minimum Gasteiger partial charge on any atom is -0.476 e. The molecule has 1 aromatic heterocycles. The van der Waals surface area contributed by atoms with Gasteiger partial charge in [0.05, 0.1) is 5.69 Å². The quantitative estimate of drug-likeness (QED) is 0.639. The molecule has 1 aliphatic heterocycles. The molecule has 0 amide bonds. The monoisotopic (exact) mass is 181 g/mol. The Morgan fingerprint density at radius 1 is 1.69 bits per heavy atom. The first-order chi connectivity index (χ1) is 6.20. The summed E-state index contributed by atoms with van der Waals surface area (Å²) in [7, 11) is 0. The fourth-order valence-electron chi connectivity index (χ4n) is 1.65. The van der Waals surface area contributed by atoms with Crippen molar-refractivity contribution in [1.82, 2.24) is 14.9 Å². The number of rotatable bonds is 1. The van der Waals surface area contributed by atoms with Crippen molar-refractivity contribution in [2.75, 3.05) is 6.54 Å². The Bertz CT molecular complexity index is 357. The normalized spacial score (nSPS) is 15.5. The van der Waals surface area contributed by atoms with Gasteiger partial charge in [-0.25, -0.2) is 9.78 Å². The van der Waals surface area contributed by atoms with E-state index in [2.05, 4.69) is 10.3 Å². The Balaban J connectivity index is 2.53. The van der Waals surface area contributed by atoms with Gasteiger partial charge in [0.1, 0.15) is 5.82 Å². The molecular formula is C8H11N3O2. The number of carboxylic acids is 1. The topological polar surface area (TPSA) is 67.1 Å². The first-order valence-corrected chi connectivity index (χ1v) is 4.20. The number of hydrogen-bond acceptors (Lipinski definition) is 3. The molecule has 0 saturated carbocycles. The van der Waals surface area contributed by atoms with Crippen molar-refractivity contribution >= 4 is 5.97 Å². The van der Waals surface area contributed by atoms with Crippen LogP contribution in [-0.2, 0) is 13.1 Å². The SMILES string of the molecule is Cc1nc(C(=O)O)c2n1CCNC2. The Kier molecular flexibility index (Phi) is 1.81. The summed E-state index contributed by atoms with van der Waals surface area (Å²) in [6.45, 7) is 4.12. The summed E-state index contributed by atoms with van der Waals surface area (Å²) in [6.07, 6.45) is 0. The maximum atomic E-state index is 10.8. The molecule has 5 nitrogen and oxygen atoms in total. The highest BCUT2D eigenvalue weighted by Crippen LogP contribution is 2.14. The lowest BCUT2D eigenvalue weighted by Crippen LogP contribution is -2.29. The molecule has 0 fully saturated rings. The molecule has 0 unspecified atom stereocenters. The minimum absolute atomic E-state index is 0.185. The summed E-state index contributed by atoms with van der Waals surface area (Å²) in [5.74, 6) is -0.158. The van der Waals surface area contributed by atoms with Crippen LogP contribution in [0, 0.1) is 6.92 Å². The number of carbonyl (C=O) groups is 1. The van der Waals surface area contributed by atoms with Crippen molar-refractivity contribution in [1.29, 1.82) is 0 Å². The van der Waals surface area contributed by atoms with Gasteiger partial charge in [-0.2, -0.15) is 0 Å². The Morgan fingerprint density at radius 3 is 3.15 bits per heavy atom. The summed E-state index contributed by atoms with van der Waals surface area (Å²) >= 11 is 0. The number of imidazole rings is 1. The highest BCUT2D eigenvalue weighted by molar-refractivity contribution is 5.86. The number of aryl methyl sites for hydroxylation is 1. The Labute approximate surface area is 75.4 Å². The van der Waals surface area contributed by atoms with E-state index in [0.717, 1.165) is 24.6 Å². The van der Waals surface area contributed by atoms with Crippen molar-refractivity contribution in [3.05, 3.63) is 17.2 Å². The first-order valence-electron chi connectivity index (χ1n) is 4.20. The molecular weight excluding hydrogens is 170 g/mol. The highest BCUT2D eigenvalue weighted by Gasteiger charge is 2.21. The van der Waals surface area contributed by atoms with Gasteiger partial charge in [0, 0.05) is 19.6 Å². The van der Waals surface area contributed by atoms with Crippen molar-refractivity contribution in [2.24, 2.45) is 0 Å². The van der Waals surface area contributed by atoms with E-state index >= 15 is 0 Å². The summed E-state index contributed by atoms with van der Waals surface area (Å²) in [6, 6.07) is 0. The van der Waals surface area contributed by atoms with E-state index in [1.165, 1.54) is 0 Å². The van der Waals surface area contributed by atoms with Gasteiger partial charge in [0.2, 0.25) is 0 Å². The molecule has 2 N–H and O–H groups in total. The largest absolute Gasteiger partial charge is 0.476 e. The van der Waals surface area contributed by atoms with Crippen LogP contribution in [0.2, 0.25) is 0 Å². The maximum absolute atomic E-state index is 10.8. The van der Waals surface area contributed by atoms with Gasteiger partial charge in [-0.15, -0.1) is 0 Å². The van der Waals surface area contributed by atoms with Crippen LogP contribution in [-0.4, -0.2) is 27.2 Å². The molecule has 0 bridgehead atoms. The van der Waals surface area contributed by atoms with Crippen LogP contribution in [0.4, 0.5) is 0 Å². The molecule has 2 heterocycles. The Morgan fingerprint density at radius 2 is 2.46 bits per heavy atom. The summed E-state index contributed by atoms with van der Waals surface area (Å²) in [5.41, 5.74) is 0.973. The second-order valence-electron chi connectivity index (χ2n) is 3.09. The van der Waals surface area contributed by atoms with Crippen LogP contribution in [0.1, 0.15) is 22.0 Å². The van der Waals surface area contributed by atoms with Gasteiger partial charge < -0.3 is 15.0 Å². The highest BCUT2D eigenvalue weighted by atomic mass is 16.4. The predicted molar refractivity (Wildman–Crippen MR) is 45.6 cm³/mol. The smallest absolute Gasteiger partial charge is 0.356 e. The van der Waals surface area contributed by atoms with Gasteiger partial charge >= 0.3 is 5.97 Å².